The monoisotopic (exact) mass is 187 g/mol. The van der Waals surface area contributed by atoms with Gasteiger partial charge in [0.2, 0.25) is 0 Å². The summed E-state index contributed by atoms with van der Waals surface area (Å²) in [5, 5.41) is 2.11. The minimum Gasteiger partial charge on any atom is -0.300 e. The van der Waals surface area contributed by atoms with Crippen molar-refractivity contribution in [1.29, 1.82) is 0 Å². The molecule has 1 aromatic rings. The molecular formula is C8H13NS2. The SMILES string of the molecule is CN(CCS)Cc1cccs1. The normalized spacial score (nSPS) is 10.8. The standard InChI is InChI=1S/C8H13NS2/c1-9(4-5-10)7-8-3-2-6-11-8/h2-3,6,10H,4-5,7H2,1H3. The Hall–Kier alpha value is 0.01000. The van der Waals surface area contributed by atoms with E-state index in [-0.39, 0.29) is 0 Å². The van der Waals surface area contributed by atoms with Gasteiger partial charge in [-0.2, -0.15) is 12.6 Å². The number of thiol groups is 1. The van der Waals surface area contributed by atoms with Crippen LogP contribution in [0.1, 0.15) is 4.88 Å². The van der Waals surface area contributed by atoms with E-state index in [1.54, 1.807) is 0 Å². The van der Waals surface area contributed by atoms with Gasteiger partial charge in [0.15, 0.2) is 0 Å². The fourth-order valence-electron chi connectivity index (χ4n) is 0.918. The molecule has 0 unspecified atom stereocenters. The third-order valence-corrected chi connectivity index (χ3v) is 2.55. The van der Waals surface area contributed by atoms with Crippen LogP contribution in [0.5, 0.6) is 0 Å². The number of nitrogens with zero attached hydrogens (tertiary/aromatic N) is 1. The van der Waals surface area contributed by atoms with Crippen LogP contribution in [0.15, 0.2) is 17.5 Å². The maximum atomic E-state index is 4.17. The molecule has 0 aliphatic heterocycles. The highest BCUT2D eigenvalue weighted by atomic mass is 32.1. The Kier molecular flexibility index (Phi) is 3.97. The summed E-state index contributed by atoms with van der Waals surface area (Å²) in [4.78, 5) is 3.70. The first-order chi connectivity index (χ1) is 5.33. The fourth-order valence-corrected chi connectivity index (χ4v) is 2.04. The molecule has 1 heterocycles. The van der Waals surface area contributed by atoms with Crippen molar-refractivity contribution in [3.63, 3.8) is 0 Å². The van der Waals surface area contributed by atoms with Gasteiger partial charge < -0.3 is 4.90 Å². The van der Waals surface area contributed by atoms with Gasteiger partial charge in [0.1, 0.15) is 0 Å². The van der Waals surface area contributed by atoms with E-state index in [0.29, 0.717) is 0 Å². The van der Waals surface area contributed by atoms with Gasteiger partial charge in [-0.1, -0.05) is 6.07 Å². The van der Waals surface area contributed by atoms with Crippen molar-refractivity contribution in [2.45, 2.75) is 6.54 Å². The average molecular weight is 187 g/mol. The van der Waals surface area contributed by atoms with Crippen molar-refractivity contribution < 1.29 is 0 Å². The summed E-state index contributed by atoms with van der Waals surface area (Å²) in [6, 6.07) is 4.26. The highest BCUT2D eigenvalue weighted by Gasteiger charge is 1.98. The van der Waals surface area contributed by atoms with Crippen molar-refractivity contribution in [3.8, 4) is 0 Å². The molecular weight excluding hydrogens is 174 g/mol. The lowest BCUT2D eigenvalue weighted by atomic mass is 10.4. The molecule has 0 fully saturated rings. The number of hydrogen-bond donors (Lipinski definition) is 1. The largest absolute Gasteiger partial charge is 0.300 e. The molecule has 0 aliphatic carbocycles. The van der Waals surface area contributed by atoms with Crippen molar-refractivity contribution in [1.82, 2.24) is 4.90 Å². The smallest absolute Gasteiger partial charge is 0.0325 e. The van der Waals surface area contributed by atoms with E-state index < -0.39 is 0 Å². The summed E-state index contributed by atoms with van der Waals surface area (Å²) in [7, 11) is 2.12. The summed E-state index contributed by atoms with van der Waals surface area (Å²) in [6.07, 6.45) is 0. The quantitative estimate of drug-likeness (QED) is 0.707. The van der Waals surface area contributed by atoms with Gasteiger partial charge in [-0.3, -0.25) is 0 Å². The molecule has 0 aliphatic rings. The second-order valence-electron chi connectivity index (χ2n) is 2.54. The van der Waals surface area contributed by atoms with Crippen LogP contribution in [0, 0.1) is 0 Å². The molecule has 0 amide bonds. The van der Waals surface area contributed by atoms with E-state index in [2.05, 4.69) is 42.1 Å². The predicted molar refractivity (Wildman–Crippen MR) is 54.5 cm³/mol. The molecule has 1 nitrogen and oxygen atoms in total. The number of hydrogen-bond acceptors (Lipinski definition) is 3. The lowest BCUT2D eigenvalue weighted by Gasteiger charge is -2.12. The average Bonchev–Trinajstić information content (AvgIpc) is 2.40. The third kappa shape index (κ3) is 3.27. The van der Waals surface area contributed by atoms with E-state index in [9.17, 15) is 0 Å². The van der Waals surface area contributed by atoms with E-state index >= 15 is 0 Å². The molecule has 11 heavy (non-hydrogen) atoms. The number of thiophene rings is 1. The van der Waals surface area contributed by atoms with Crippen molar-refractivity contribution in [3.05, 3.63) is 22.4 Å². The highest BCUT2D eigenvalue weighted by molar-refractivity contribution is 7.80. The zero-order valence-corrected chi connectivity index (χ0v) is 8.37. The van der Waals surface area contributed by atoms with E-state index in [0.717, 1.165) is 18.8 Å². The molecule has 0 atom stereocenters. The Morgan fingerprint density at radius 3 is 3.00 bits per heavy atom. The molecule has 0 aromatic carbocycles. The molecule has 62 valence electrons. The lowest BCUT2D eigenvalue weighted by Crippen LogP contribution is -2.19. The molecule has 3 heteroatoms. The van der Waals surface area contributed by atoms with Crippen LogP contribution in [-0.2, 0) is 6.54 Å². The first kappa shape index (κ1) is 9.10. The molecule has 1 aromatic heterocycles. The zero-order valence-electron chi connectivity index (χ0n) is 6.66. The summed E-state index contributed by atoms with van der Waals surface area (Å²) >= 11 is 5.98. The Morgan fingerprint density at radius 2 is 2.45 bits per heavy atom. The van der Waals surface area contributed by atoms with Crippen molar-refractivity contribution in [2.75, 3.05) is 19.3 Å². The van der Waals surface area contributed by atoms with Crippen LogP contribution < -0.4 is 0 Å². The van der Waals surface area contributed by atoms with Crippen LogP contribution in [-0.4, -0.2) is 24.2 Å². The van der Waals surface area contributed by atoms with Gasteiger partial charge in [0.05, 0.1) is 0 Å². The third-order valence-electron chi connectivity index (χ3n) is 1.49. The van der Waals surface area contributed by atoms with Gasteiger partial charge in [0.25, 0.3) is 0 Å². The van der Waals surface area contributed by atoms with Crippen LogP contribution in [0.4, 0.5) is 0 Å². The van der Waals surface area contributed by atoms with E-state index in [4.69, 9.17) is 0 Å². The first-order valence-electron chi connectivity index (χ1n) is 3.64. The topological polar surface area (TPSA) is 3.24 Å². The minimum atomic E-state index is 0.932. The fraction of sp³-hybridized carbons (Fsp3) is 0.500. The van der Waals surface area contributed by atoms with Crippen molar-refractivity contribution in [2.24, 2.45) is 0 Å². The molecule has 0 N–H and O–H groups in total. The molecule has 0 radical (unpaired) electrons. The summed E-state index contributed by atoms with van der Waals surface area (Å²) in [5.41, 5.74) is 0. The van der Waals surface area contributed by atoms with Gasteiger partial charge in [-0.05, 0) is 18.5 Å². The summed E-state index contributed by atoms with van der Waals surface area (Å²) < 4.78 is 0. The molecule has 0 saturated heterocycles. The number of rotatable bonds is 4. The van der Waals surface area contributed by atoms with Crippen LogP contribution in [0.2, 0.25) is 0 Å². The highest BCUT2D eigenvalue weighted by Crippen LogP contribution is 2.10. The Labute approximate surface area is 77.4 Å². The minimum absolute atomic E-state index is 0.932. The van der Waals surface area contributed by atoms with Crippen LogP contribution >= 0.6 is 24.0 Å². The molecule has 0 saturated carbocycles. The van der Waals surface area contributed by atoms with Gasteiger partial charge in [-0.25, -0.2) is 0 Å². The second-order valence-corrected chi connectivity index (χ2v) is 4.02. The second kappa shape index (κ2) is 4.80. The molecule has 1 rings (SSSR count). The van der Waals surface area contributed by atoms with Gasteiger partial charge >= 0.3 is 0 Å². The van der Waals surface area contributed by atoms with E-state index in [1.807, 2.05) is 11.3 Å². The van der Waals surface area contributed by atoms with E-state index in [1.165, 1.54) is 4.88 Å². The lowest BCUT2D eigenvalue weighted by molar-refractivity contribution is 0.352. The first-order valence-corrected chi connectivity index (χ1v) is 5.16. The van der Waals surface area contributed by atoms with Gasteiger partial charge in [-0.15, -0.1) is 11.3 Å². The predicted octanol–water partition coefficient (Wildman–Crippen LogP) is 2.11. The molecule has 0 bridgehead atoms. The molecule has 0 spiro atoms. The summed E-state index contributed by atoms with van der Waals surface area (Å²) in [5.74, 6) is 0.932. The maximum Gasteiger partial charge on any atom is 0.0325 e. The van der Waals surface area contributed by atoms with Crippen LogP contribution in [0.3, 0.4) is 0 Å². The Balaban J connectivity index is 2.31. The van der Waals surface area contributed by atoms with Gasteiger partial charge in [0, 0.05) is 23.7 Å². The van der Waals surface area contributed by atoms with Crippen LogP contribution in [0.25, 0.3) is 0 Å². The maximum absolute atomic E-state index is 4.17. The Morgan fingerprint density at radius 1 is 1.64 bits per heavy atom. The Bertz CT molecular complexity index is 184. The van der Waals surface area contributed by atoms with Crippen molar-refractivity contribution >= 4 is 24.0 Å². The summed E-state index contributed by atoms with van der Waals surface area (Å²) in [6.45, 7) is 2.11. The zero-order chi connectivity index (χ0) is 8.10.